The molecule has 0 saturated carbocycles. The van der Waals surface area contributed by atoms with Crippen molar-refractivity contribution in [2.45, 2.75) is 65.3 Å². The van der Waals surface area contributed by atoms with Crippen molar-refractivity contribution < 1.29 is 9.59 Å². The van der Waals surface area contributed by atoms with Gasteiger partial charge in [0, 0.05) is 60.2 Å². The molecule has 236 valence electrons. The molecule has 0 spiro atoms. The summed E-state index contributed by atoms with van der Waals surface area (Å²) in [7, 11) is 0. The highest BCUT2D eigenvalue weighted by atomic mass is 35.5. The van der Waals surface area contributed by atoms with E-state index in [4.69, 9.17) is 22.3 Å². The Hall–Kier alpha value is -3.12. The average molecular weight is 639 g/mol. The van der Waals surface area contributed by atoms with Crippen LogP contribution in [0.2, 0.25) is 5.02 Å². The molecule has 1 fully saturated rings. The molecule has 0 bridgehead atoms. The van der Waals surface area contributed by atoms with E-state index in [1.54, 1.807) is 11.3 Å². The standard InChI is InChI=1S/C32H43ClN8O2S/c1-21-22(2)44-32-29(21)30(24-9-11-25(33)12-10-24)36-26(31-38-37-23(3)41(31)32)20-27(42)35-14-7-15-39-16-18-40(19-17-39)28(43)8-5-4-6-13-34/h9-12,26H,4-8,13-20,34H2,1-3H3,(H,35,42)/t26-/m1/s1. The van der Waals surface area contributed by atoms with E-state index in [0.29, 0.717) is 30.4 Å². The molecule has 44 heavy (non-hydrogen) atoms. The topological polar surface area (TPSA) is 122 Å². The first kappa shape index (κ1) is 32.3. The van der Waals surface area contributed by atoms with Gasteiger partial charge in [0.2, 0.25) is 11.8 Å². The van der Waals surface area contributed by atoms with Gasteiger partial charge < -0.3 is 16.0 Å². The van der Waals surface area contributed by atoms with Crippen LogP contribution in [0.25, 0.3) is 5.00 Å². The highest BCUT2D eigenvalue weighted by Crippen LogP contribution is 2.39. The number of amides is 2. The molecule has 5 rings (SSSR count). The van der Waals surface area contributed by atoms with E-state index in [2.05, 4.69) is 38.8 Å². The monoisotopic (exact) mass is 638 g/mol. The van der Waals surface area contributed by atoms with Crippen LogP contribution in [0, 0.1) is 20.8 Å². The molecule has 1 aromatic carbocycles. The normalized spacial score (nSPS) is 16.7. The van der Waals surface area contributed by atoms with Gasteiger partial charge in [-0.05, 0) is 70.8 Å². The summed E-state index contributed by atoms with van der Waals surface area (Å²) in [6, 6.07) is 7.21. The number of carbonyl (C=O) groups is 2. The number of nitrogens with one attached hydrogen (secondary N) is 1. The van der Waals surface area contributed by atoms with Crippen LogP contribution in [0.4, 0.5) is 0 Å². The van der Waals surface area contributed by atoms with Crippen molar-refractivity contribution in [3.05, 3.63) is 62.5 Å². The molecule has 10 nitrogen and oxygen atoms in total. The van der Waals surface area contributed by atoms with Crippen molar-refractivity contribution >= 4 is 40.5 Å². The lowest BCUT2D eigenvalue weighted by atomic mass is 9.99. The van der Waals surface area contributed by atoms with E-state index in [0.717, 1.165) is 91.6 Å². The number of nitrogens with zero attached hydrogens (tertiary/aromatic N) is 6. The molecule has 12 heteroatoms. The minimum absolute atomic E-state index is 0.0652. The van der Waals surface area contributed by atoms with Gasteiger partial charge in [-0.1, -0.05) is 30.2 Å². The van der Waals surface area contributed by atoms with Crippen molar-refractivity contribution in [1.29, 1.82) is 0 Å². The number of nitrogens with two attached hydrogens (primary N) is 1. The SMILES string of the molecule is Cc1sc2c(c1C)C(c1ccc(Cl)cc1)=N[C@H](CC(=O)NCCCN1CCN(C(=O)CCCCCN)CC1)c1nnc(C)n1-2. The summed E-state index contributed by atoms with van der Waals surface area (Å²) < 4.78 is 2.06. The summed E-state index contributed by atoms with van der Waals surface area (Å²) in [6.07, 6.45) is 4.53. The number of piperazine rings is 1. The van der Waals surface area contributed by atoms with Crippen LogP contribution in [-0.4, -0.2) is 87.9 Å². The summed E-state index contributed by atoms with van der Waals surface area (Å²) in [5, 5.41) is 13.7. The molecule has 2 amide bonds. The molecular weight excluding hydrogens is 596 g/mol. The molecule has 2 aliphatic rings. The number of aliphatic imine (C=N–C) groups is 1. The minimum atomic E-state index is -0.484. The van der Waals surface area contributed by atoms with Crippen LogP contribution >= 0.6 is 22.9 Å². The Labute approximate surface area is 268 Å². The zero-order chi connectivity index (χ0) is 31.2. The van der Waals surface area contributed by atoms with Gasteiger partial charge in [-0.25, -0.2) is 0 Å². The number of hydrogen-bond acceptors (Lipinski definition) is 8. The highest BCUT2D eigenvalue weighted by Gasteiger charge is 2.32. The molecule has 2 aromatic heterocycles. The largest absolute Gasteiger partial charge is 0.356 e. The third kappa shape index (κ3) is 7.39. The maximum absolute atomic E-state index is 13.2. The Morgan fingerprint density at radius 3 is 2.50 bits per heavy atom. The summed E-state index contributed by atoms with van der Waals surface area (Å²) in [5.41, 5.74) is 9.55. The molecular formula is C32H43ClN8O2S. The zero-order valence-electron chi connectivity index (χ0n) is 25.9. The van der Waals surface area contributed by atoms with Gasteiger partial charge in [0.15, 0.2) is 5.82 Å². The van der Waals surface area contributed by atoms with Crippen molar-refractivity contribution in [2.24, 2.45) is 10.7 Å². The molecule has 0 unspecified atom stereocenters. The number of thiophene rings is 1. The predicted molar refractivity (Wildman–Crippen MR) is 176 cm³/mol. The van der Waals surface area contributed by atoms with Crippen LogP contribution in [0.5, 0.6) is 0 Å². The molecule has 1 saturated heterocycles. The lowest BCUT2D eigenvalue weighted by Gasteiger charge is -2.34. The molecule has 4 heterocycles. The van der Waals surface area contributed by atoms with Gasteiger partial charge in [-0.3, -0.25) is 24.0 Å². The fraction of sp³-hybridized carbons (Fsp3) is 0.531. The third-order valence-electron chi connectivity index (χ3n) is 8.53. The van der Waals surface area contributed by atoms with E-state index in [9.17, 15) is 9.59 Å². The predicted octanol–water partition coefficient (Wildman–Crippen LogP) is 4.36. The maximum atomic E-state index is 13.2. The number of carbonyl (C=O) groups excluding carboxylic acids is 2. The summed E-state index contributed by atoms with van der Waals surface area (Å²) in [4.78, 5) is 36.4. The van der Waals surface area contributed by atoms with E-state index in [-0.39, 0.29) is 18.2 Å². The first-order valence-electron chi connectivity index (χ1n) is 15.6. The van der Waals surface area contributed by atoms with Crippen LogP contribution in [0.15, 0.2) is 29.3 Å². The number of hydrogen-bond donors (Lipinski definition) is 2. The van der Waals surface area contributed by atoms with Gasteiger partial charge in [0.25, 0.3) is 0 Å². The highest BCUT2D eigenvalue weighted by molar-refractivity contribution is 7.15. The van der Waals surface area contributed by atoms with Crippen LogP contribution in [0.1, 0.15) is 77.8 Å². The molecule has 1 atom stereocenters. The molecule has 3 aromatic rings. The number of fused-ring (bicyclic) bond motifs is 3. The van der Waals surface area contributed by atoms with Crippen molar-refractivity contribution in [3.63, 3.8) is 0 Å². The van der Waals surface area contributed by atoms with Gasteiger partial charge in [0.05, 0.1) is 12.1 Å². The van der Waals surface area contributed by atoms with Crippen LogP contribution in [-0.2, 0) is 9.59 Å². The first-order valence-corrected chi connectivity index (χ1v) is 16.8. The second kappa shape index (κ2) is 14.8. The Kier molecular flexibility index (Phi) is 10.8. The van der Waals surface area contributed by atoms with Crippen molar-refractivity contribution in [3.8, 4) is 5.00 Å². The van der Waals surface area contributed by atoms with Gasteiger partial charge in [0.1, 0.15) is 16.9 Å². The quantitative estimate of drug-likeness (QED) is 0.284. The van der Waals surface area contributed by atoms with E-state index < -0.39 is 6.04 Å². The number of rotatable bonds is 12. The van der Waals surface area contributed by atoms with Gasteiger partial charge in [-0.15, -0.1) is 21.5 Å². The number of aryl methyl sites for hydroxylation is 2. The van der Waals surface area contributed by atoms with Crippen LogP contribution in [0.3, 0.4) is 0 Å². The second-order valence-corrected chi connectivity index (χ2v) is 13.3. The van der Waals surface area contributed by atoms with Crippen molar-refractivity contribution in [2.75, 3.05) is 45.8 Å². The molecule has 0 radical (unpaired) electrons. The Bertz CT molecular complexity index is 1490. The van der Waals surface area contributed by atoms with E-state index in [1.165, 1.54) is 4.88 Å². The smallest absolute Gasteiger partial charge is 0.222 e. The number of unbranched alkanes of at least 4 members (excludes halogenated alkanes) is 2. The number of aromatic nitrogens is 3. The summed E-state index contributed by atoms with van der Waals surface area (Å²) in [6.45, 7) is 11.6. The average Bonchev–Trinajstić information content (AvgIpc) is 3.50. The molecule has 3 N–H and O–H groups in total. The summed E-state index contributed by atoms with van der Waals surface area (Å²) in [5.74, 6) is 1.63. The number of benzene rings is 1. The minimum Gasteiger partial charge on any atom is -0.356 e. The Balaban J connectivity index is 1.19. The fourth-order valence-electron chi connectivity index (χ4n) is 5.89. The maximum Gasteiger partial charge on any atom is 0.222 e. The van der Waals surface area contributed by atoms with Gasteiger partial charge in [-0.2, -0.15) is 0 Å². The Morgan fingerprint density at radius 2 is 1.77 bits per heavy atom. The Morgan fingerprint density at radius 1 is 1.02 bits per heavy atom. The molecule has 2 aliphatic heterocycles. The van der Waals surface area contributed by atoms with Gasteiger partial charge >= 0.3 is 0 Å². The van der Waals surface area contributed by atoms with Crippen molar-refractivity contribution in [1.82, 2.24) is 29.9 Å². The second-order valence-electron chi connectivity index (χ2n) is 11.6. The van der Waals surface area contributed by atoms with E-state index in [1.807, 2.05) is 36.1 Å². The molecule has 0 aliphatic carbocycles. The summed E-state index contributed by atoms with van der Waals surface area (Å²) >= 11 is 7.91. The zero-order valence-corrected chi connectivity index (χ0v) is 27.5. The van der Waals surface area contributed by atoms with E-state index >= 15 is 0 Å². The lowest BCUT2D eigenvalue weighted by Crippen LogP contribution is -2.49. The number of halogens is 1. The van der Waals surface area contributed by atoms with Crippen LogP contribution < -0.4 is 11.1 Å². The third-order valence-corrected chi connectivity index (χ3v) is 9.97. The fourth-order valence-corrected chi connectivity index (χ4v) is 7.23. The first-order chi connectivity index (χ1) is 21.3. The lowest BCUT2D eigenvalue weighted by molar-refractivity contribution is -0.133.